The summed E-state index contributed by atoms with van der Waals surface area (Å²) >= 11 is 0. The van der Waals surface area contributed by atoms with E-state index >= 15 is 0 Å². The first-order chi connectivity index (χ1) is 15.3. The van der Waals surface area contributed by atoms with Crippen molar-refractivity contribution in [1.29, 1.82) is 0 Å². The Morgan fingerprint density at radius 1 is 0.968 bits per heavy atom. The van der Waals surface area contributed by atoms with E-state index in [0.717, 1.165) is 16.7 Å². The van der Waals surface area contributed by atoms with Crippen LogP contribution in [0.5, 0.6) is 5.75 Å². The molecule has 31 heavy (non-hydrogen) atoms. The molecule has 0 atom stereocenters. The van der Waals surface area contributed by atoms with Crippen LogP contribution < -0.4 is 10.2 Å². The molecule has 0 bridgehead atoms. The molecule has 4 aromatic rings. The summed E-state index contributed by atoms with van der Waals surface area (Å²) in [6, 6.07) is 26.8. The number of hydrogen-bond donors (Lipinski definition) is 1. The number of para-hydroxylation sites is 1. The molecule has 0 aliphatic heterocycles. The average molecular weight is 410 g/mol. The van der Waals surface area contributed by atoms with Crippen LogP contribution in [0, 0.1) is 0 Å². The quantitative estimate of drug-likeness (QED) is 0.348. The number of nitrogens with zero attached hydrogens (tertiary/aromatic N) is 3. The van der Waals surface area contributed by atoms with Gasteiger partial charge in [0.2, 0.25) is 0 Å². The Kier molecular flexibility index (Phi) is 6.50. The summed E-state index contributed by atoms with van der Waals surface area (Å²) in [6.07, 6.45) is 5.20. The van der Waals surface area contributed by atoms with Crippen LogP contribution in [0.4, 0.5) is 0 Å². The van der Waals surface area contributed by atoms with Gasteiger partial charge in [-0.25, -0.2) is 5.43 Å². The lowest BCUT2D eigenvalue weighted by Gasteiger charge is -2.09. The zero-order valence-corrected chi connectivity index (χ0v) is 16.9. The van der Waals surface area contributed by atoms with Gasteiger partial charge in [-0.2, -0.15) is 10.2 Å². The summed E-state index contributed by atoms with van der Waals surface area (Å²) in [4.78, 5) is 12.5. The third kappa shape index (κ3) is 5.67. The second-order valence-corrected chi connectivity index (χ2v) is 6.92. The Labute approximate surface area is 180 Å². The van der Waals surface area contributed by atoms with Gasteiger partial charge >= 0.3 is 0 Å². The van der Waals surface area contributed by atoms with Gasteiger partial charge in [0.15, 0.2) is 0 Å². The predicted molar refractivity (Wildman–Crippen MR) is 120 cm³/mol. The van der Waals surface area contributed by atoms with Gasteiger partial charge in [0, 0.05) is 23.5 Å². The monoisotopic (exact) mass is 410 g/mol. The minimum absolute atomic E-state index is 0.277. The first-order valence-electron chi connectivity index (χ1n) is 9.93. The molecule has 0 unspecified atom stereocenters. The first-order valence-corrected chi connectivity index (χ1v) is 9.93. The van der Waals surface area contributed by atoms with Crippen LogP contribution >= 0.6 is 0 Å². The van der Waals surface area contributed by atoms with E-state index < -0.39 is 0 Å². The molecule has 0 fully saturated rings. The van der Waals surface area contributed by atoms with Crippen LogP contribution in [-0.2, 0) is 13.2 Å². The maximum Gasteiger partial charge on any atom is 0.271 e. The van der Waals surface area contributed by atoms with Crippen LogP contribution in [0.3, 0.4) is 0 Å². The summed E-state index contributed by atoms with van der Waals surface area (Å²) < 4.78 is 7.73. The Morgan fingerprint density at radius 3 is 2.61 bits per heavy atom. The lowest BCUT2D eigenvalue weighted by molar-refractivity contribution is 0.0955. The second-order valence-electron chi connectivity index (χ2n) is 6.92. The molecule has 0 aliphatic rings. The van der Waals surface area contributed by atoms with Crippen LogP contribution in [-0.4, -0.2) is 21.9 Å². The number of aromatic nitrogens is 2. The Bertz CT molecular complexity index is 1160. The van der Waals surface area contributed by atoms with E-state index in [0.29, 0.717) is 24.5 Å². The lowest BCUT2D eigenvalue weighted by atomic mass is 10.1. The molecule has 1 N–H and O–H groups in total. The summed E-state index contributed by atoms with van der Waals surface area (Å²) in [5.41, 5.74) is 5.98. The van der Waals surface area contributed by atoms with Crippen molar-refractivity contribution in [3.05, 3.63) is 120 Å². The number of rotatable bonds is 8. The normalized spacial score (nSPS) is 10.8. The highest BCUT2D eigenvalue weighted by atomic mass is 16.5. The van der Waals surface area contributed by atoms with Gasteiger partial charge in [0.1, 0.15) is 12.4 Å². The number of amides is 1. The van der Waals surface area contributed by atoms with E-state index in [2.05, 4.69) is 15.6 Å². The van der Waals surface area contributed by atoms with Crippen molar-refractivity contribution < 1.29 is 9.53 Å². The average Bonchev–Trinajstić information content (AvgIpc) is 3.32. The van der Waals surface area contributed by atoms with Gasteiger partial charge in [0.25, 0.3) is 5.91 Å². The van der Waals surface area contributed by atoms with Crippen molar-refractivity contribution in [3.8, 4) is 5.75 Å². The number of carbonyl (C=O) groups is 1. The number of hydrogen-bond acceptors (Lipinski definition) is 4. The molecule has 154 valence electrons. The topological polar surface area (TPSA) is 68.5 Å². The number of benzene rings is 3. The van der Waals surface area contributed by atoms with Crippen molar-refractivity contribution in [1.82, 2.24) is 15.2 Å². The SMILES string of the molecule is O=C(N/N=C\c1ccccc1OCc1ccccc1)c1cccc(Cn2cccn2)c1. The molecule has 3 aromatic carbocycles. The maximum absolute atomic E-state index is 12.5. The van der Waals surface area contributed by atoms with Crippen molar-refractivity contribution in [3.63, 3.8) is 0 Å². The first kappa shape index (κ1) is 20.1. The van der Waals surface area contributed by atoms with Crippen LogP contribution in [0.25, 0.3) is 0 Å². The molecular weight excluding hydrogens is 388 g/mol. The highest BCUT2D eigenvalue weighted by Gasteiger charge is 2.06. The highest BCUT2D eigenvalue weighted by Crippen LogP contribution is 2.17. The Morgan fingerprint density at radius 2 is 1.77 bits per heavy atom. The molecule has 1 heterocycles. The summed E-state index contributed by atoms with van der Waals surface area (Å²) in [6.45, 7) is 1.06. The van der Waals surface area contributed by atoms with E-state index in [4.69, 9.17) is 4.74 Å². The zero-order chi connectivity index (χ0) is 21.3. The van der Waals surface area contributed by atoms with E-state index in [-0.39, 0.29) is 5.91 Å². The van der Waals surface area contributed by atoms with Crippen molar-refractivity contribution >= 4 is 12.1 Å². The second kappa shape index (κ2) is 10.0. The number of carbonyl (C=O) groups excluding carboxylic acids is 1. The molecule has 0 aliphatic carbocycles. The fraction of sp³-hybridized carbons (Fsp3) is 0.0800. The van der Waals surface area contributed by atoms with Crippen LogP contribution in [0.2, 0.25) is 0 Å². The fourth-order valence-electron chi connectivity index (χ4n) is 3.07. The molecule has 6 nitrogen and oxygen atoms in total. The minimum atomic E-state index is -0.277. The molecule has 1 amide bonds. The standard InChI is InChI=1S/C25H22N4O2/c30-25(22-12-6-10-21(16-22)18-29-15-7-14-27-29)28-26-17-23-11-4-5-13-24(23)31-19-20-8-2-1-3-9-20/h1-17H,18-19H2,(H,28,30)/b26-17-. The Hall–Kier alpha value is -4.19. The van der Waals surface area contributed by atoms with E-state index in [1.165, 1.54) is 0 Å². The fourth-order valence-corrected chi connectivity index (χ4v) is 3.07. The van der Waals surface area contributed by atoms with Gasteiger partial charge in [-0.15, -0.1) is 0 Å². The van der Waals surface area contributed by atoms with Gasteiger partial charge in [-0.3, -0.25) is 9.48 Å². The van der Waals surface area contributed by atoms with Gasteiger partial charge in [-0.1, -0.05) is 54.6 Å². The molecule has 1 aromatic heterocycles. The summed E-state index contributed by atoms with van der Waals surface area (Å²) in [5, 5.41) is 8.31. The largest absolute Gasteiger partial charge is 0.488 e. The number of hydrazone groups is 1. The van der Waals surface area contributed by atoms with Crippen molar-refractivity contribution in [2.45, 2.75) is 13.2 Å². The van der Waals surface area contributed by atoms with E-state index in [9.17, 15) is 4.79 Å². The van der Waals surface area contributed by atoms with Crippen LogP contribution in [0.1, 0.15) is 27.0 Å². The van der Waals surface area contributed by atoms with Crippen molar-refractivity contribution in [2.24, 2.45) is 5.10 Å². The van der Waals surface area contributed by atoms with E-state index in [1.807, 2.05) is 89.7 Å². The molecule has 6 heteroatoms. The smallest absolute Gasteiger partial charge is 0.271 e. The molecule has 0 spiro atoms. The predicted octanol–water partition coefficient (Wildman–Crippen LogP) is 4.27. The van der Waals surface area contributed by atoms with Crippen LogP contribution in [0.15, 0.2) is 102 Å². The Balaban J connectivity index is 1.38. The molecule has 0 saturated carbocycles. The minimum Gasteiger partial charge on any atom is -0.488 e. The number of ether oxygens (including phenoxy) is 1. The molecule has 4 rings (SSSR count). The third-order valence-electron chi connectivity index (χ3n) is 4.62. The molecule has 0 radical (unpaired) electrons. The molecule has 0 saturated heterocycles. The zero-order valence-electron chi connectivity index (χ0n) is 16.9. The lowest BCUT2D eigenvalue weighted by Crippen LogP contribution is -2.18. The van der Waals surface area contributed by atoms with Gasteiger partial charge in [-0.05, 0) is 41.5 Å². The summed E-state index contributed by atoms with van der Waals surface area (Å²) in [7, 11) is 0. The third-order valence-corrected chi connectivity index (χ3v) is 4.62. The maximum atomic E-state index is 12.5. The highest BCUT2D eigenvalue weighted by molar-refractivity contribution is 5.95. The van der Waals surface area contributed by atoms with Crippen molar-refractivity contribution in [2.75, 3.05) is 0 Å². The number of nitrogens with one attached hydrogen (secondary N) is 1. The van der Waals surface area contributed by atoms with Gasteiger partial charge < -0.3 is 4.74 Å². The summed E-state index contributed by atoms with van der Waals surface area (Å²) in [5.74, 6) is 0.423. The van der Waals surface area contributed by atoms with Gasteiger partial charge in [0.05, 0.1) is 12.8 Å². The van der Waals surface area contributed by atoms with E-state index in [1.54, 1.807) is 18.5 Å². The molecular formula is C25H22N4O2.